The van der Waals surface area contributed by atoms with Crippen molar-refractivity contribution < 1.29 is 0 Å². The normalized spacial score (nSPS) is 21.9. The predicted molar refractivity (Wildman–Crippen MR) is 191 cm³/mol. The number of hydrogen-bond donors (Lipinski definition) is 0. The topological polar surface area (TPSA) is 41.9 Å². The first-order valence-corrected chi connectivity index (χ1v) is 16.7. The van der Waals surface area contributed by atoms with Crippen LogP contribution in [0.3, 0.4) is 0 Å². The molecule has 9 rings (SSSR count). The minimum atomic E-state index is -0.0287. The molecule has 3 aliphatic carbocycles. The van der Waals surface area contributed by atoms with Crippen molar-refractivity contribution >= 4 is 11.3 Å². The number of anilines is 1. The second-order valence-corrected chi connectivity index (χ2v) is 13.7. The highest BCUT2D eigenvalue weighted by Gasteiger charge is 2.47. The molecule has 4 nitrogen and oxygen atoms in total. The van der Waals surface area contributed by atoms with Gasteiger partial charge in [0.2, 0.25) is 0 Å². The number of aromatic nitrogens is 3. The Morgan fingerprint density at radius 1 is 0.660 bits per heavy atom. The van der Waals surface area contributed by atoms with E-state index in [1.54, 1.807) is 0 Å². The molecular formula is C43H36N4. The maximum Gasteiger partial charge on any atom is 0.164 e. The average Bonchev–Trinajstić information content (AvgIpc) is 3.57. The molecule has 0 amide bonds. The first-order valence-electron chi connectivity index (χ1n) is 16.7. The SMILES string of the molecule is CC1CC=CC2=C1N(c1ccc(-c3nc(-c4ccccc4)nc(-c4ccccc4)n3)cc1)C1C=C3C(=CC21)c1ccccc1C3(C)C. The first-order chi connectivity index (χ1) is 23.0. The van der Waals surface area contributed by atoms with Crippen molar-refractivity contribution in [2.24, 2.45) is 11.8 Å². The van der Waals surface area contributed by atoms with E-state index in [9.17, 15) is 0 Å². The summed E-state index contributed by atoms with van der Waals surface area (Å²) in [5, 5.41) is 0. The van der Waals surface area contributed by atoms with Gasteiger partial charge >= 0.3 is 0 Å². The van der Waals surface area contributed by atoms with Gasteiger partial charge < -0.3 is 4.90 Å². The highest BCUT2D eigenvalue weighted by molar-refractivity contribution is 5.92. The molecule has 3 atom stereocenters. The molecule has 2 heterocycles. The Labute approximate surface area is 276 Å². The van der Waals surface area contributed by atoms with Crippen LogP contribution in [0.25, 0.3) is 39.7 Å². The molecular weight excluding hydrogens is 573 g/mol. The van der Waals surface area contributed by atoms with Crippen molar-refractivity contribution in [3.05, 3.63) is 161 Å². The Balaban J connectivity index is 1.13. The molecule has 3 unspecified atom stereocenters. The van der Waals surface area contributed by atoms with Crippen LogP contribution in [0.2, 0.25) is 0 Å². The van der Waals surface area contributed by atoms with E-state index in [1.807, 2.05) is 36.4 Å². The van der Waals surface area contributed by atoms with Gasteiger partial charge in [-0.1, -0.05) is 130 Å². The van der Waals surface area contributed by atoms with E-state index >= 15 is 0 Å². The maximum absolute atomic E-state index is 4.97. The van der Waals surface area contributed by atoms with Crippen LogP contribution < -0.4 is 4.90 Å². The Hall–Kier alpha value is -5.35. The van der Waals surface area contributed by atoms with Gasteiger partial charge in [-0.3, -0.25) is 0 Å². The van der Waals surface area contributed by atoms with Crippen molar-refractivity contribution in [3.63, 3.8) is 0 Å². The largest absolute Gasteiger partial charge is 0.337 e. The highest BCUT2D eigenvalue weighted by atomic mass is 15.2. The number of hydrogen-bond acceptors (Lipinski definition) is 4. The summed E-state index contributed by atoms with van der Waals surface area (Å²) in [6.07, 6.45) is 11.0. The van der Waals surface area contributed by atoms with E-state index in [1.165, 1.54) is 39.2 Å². The number of nitrogens with zero attached hydrogens (tertiary/aromatic N) is 4. The molecule has 0 N–H and O–H groups in total. The summed E-state index contributed by atoms with van der Waals surface area (Å²) in [5.41, 5.74) is 12.7. The lowest BCUT2D eigenvalue weighted by Gasteiger charge is -2.36. The third-order valence-corrected chi connectivity index (χ3v) is 10.5. The zero-order chi connectivity index (χ0) is 31.7. The van der Waals surface area contributed by atoms with Gasteiger partial charge in [-0.05, 0) is 58.5 Å². The summed E-state index contributed by atoms with van der Waals surface area (Å²) < 4.78 is 0. The molecule has 0 spiro atoms. The smallest absolute Gasteiger partial charge is 0.164 e. The van der Waals surface area contributed by atoms with Crippen molar-refractivity contribution in [2.45, 2.75) is 38.6 Å². The van der Waals surface area contributed by atoms with Gasteiger partial charge in [0.1, 0.15) is 0 Å². The molecule has 4 aliphatic rings. The molecule has 0 radical (unpaired) electrons. The van der Waals surface area contributed by atoms with E-state index in [0.29, 0.717) is 29.3 Å². The van der Waals surface area contributed by atoms with Crippen molar-refractivity contribution in [2.75, 3.05) is 4.90 Å². The Kier molecular flexibility index (Phi) is 6.30. The van der Waals surface area contributed by atoms with Gasteiger partial charge in [-0.25, -0.2) is 15.0 Å². The van der Waals surface area contributed by atoms with Crippen LogP contribution in [0.4, 0.5) is 5.69 Å². The van der Waals surface area contributed by atoms with Crippen molar-refractivity contribution in [1.82, 2.24) is 15.0 Å². The quantitative estimate of drug-likeness (QED) is 0.204. The monoisotopic (exact) mass is 608 g/mol. The van der Waals surface area contributed by atoms with Crippen LogP contribution in [0, 0.1) is 11.8 Å². The summed E-state index contributed by atoms with van der Waals surface area (Å²) in [6, 6.07) is 38.4. The second-order valence-electron chi connectivity index (χ2n) is 13.7. The molecule has 0 saturated carbocycles. The van der Waals surface area contributed by atoms with Crippen molar-refractivity contribution in [1.29, 1.82) is 0 Å². The zero-order valence-electron chi connectivity index (χ0n) is 26.9. The standard InChI is InChI=1S/C43H36N4/c1-27-13-12-19-33-35-25-34-32-18-10-11-20-36(32)43(2,3)37(34)26-38(35)47(39(27)33)31-23-21-30(22-24-31)42-45-40(28-14-6-4-7-15-28)44-41(46-42)29-16-8-5-9-17-29/h4-12,14-27,35,38H,13H2,1-3H3. The molecule has 47 heavy (non-hydrogen) atoms. The number of allylic oxidation sites excluding steroid dienone is 5. The lowest BCUT2D eigenvalue weighted by atomic mass is 9.76. The van der Waals surface area contributed by atoms with Gasteiger partial charge in [-0.15, -0.1) is 0 Å². The lowest BCUT2D eigenvalue weighted by molar-refractivity contribution is 0.613. The van der Waals surface area contributed by atoms with Gasteiger partial charge in [-0.2, -0.15) is 0 Å². The molecule has 1 aliphatic heterocycles. The van der Waals surface area contributed by atoms with E-state index in [4.69, 9.17) is 15.0 Å². The Morgan fingerprint density at radius 2 is 1.23 bits per heavy atom. The van der Waals surface area contributed by atoms with E-state index in [2.05, 4.69) is 123 Å². The van der Waals surface area contributed by atoms with Crippen LogP contribution in [0.1, 0.15) is 38.3 Å². The Bertz CT molecular complexity index is 2100. The maximum atomic E-state index is 4.97. The highest BCUT2D eigenvalue weighted by Crippen LogP contribution is 2.56. The zero-order valence-corrected chi connectivity index (χ0v) is 26.9. The van der Waals surface area contributed by atoms with Crippen molar-refractivity contribution in [3.8, 4) is 34.2 Å². The first kappa shape index (κ1) is 27.9. The minimum Gasteiger partial charge on any atom is -0.337 e. The number of rotatable bonds is 4. The summed E-state index contributed by atoms with van der Waals surface area (Å²) in [4.78, 5) is 17.4. The van der Waals surface area contributed by atoms with Gasteiger partial charge in [0.15, 0.2) is 17.5 Å². The minimum absolute atomic E-state index is 0.0287. The summed E-state index contributed by atoms with van der Waals surface area (Å²) in [7, 11) is 0. The van der Waals surface area contributed by atoms with Gasteiger partial charge in [0.05, 0.1) is 6.04 Å². The molecule has 0 bridgehead atoms. The number of benzene rings is 4. The molecule has 0 saturated heterocycles. The molecule has 4 aromatic carbocycles. The van der Waals surface area contributed by atoms with Crippen LogP contribution in [0.5, 0.6) is 0 Å². The summed E-state index contributed by atoms with van der Waals surface area (Å²) >= 11 is 0. The summed E-state index contributed by atoms with van der Waals surface area (Å²) in [5.74, 6) is 2.79. The second kappa shape index (κ2) is 10.6. The van der Waals surface area contributed by atoms with E-state index in [-0.39, 0.29) is 11.5 Å². The molecule has 228 valence electrons. The fraction of sp³-hybridized carbons (Fsp3) is 0.186. The molecule has 5 aromatic rings. The summed E-state index contributed by atoms with van der Waals surface area (Å²) in [6.45, 7) is 7.13. The van der Waals surface area contributed by atoms with E-state index in [0.717, 1.165) is 23.1 Å². The number of fused-ring (bicyclic) bond motifs is 5. The van der Waals surface area contributed by atoms with Crippen LogP contribution in [0.15, 0.2) is 150 Å². The fourth-order valence-electron chi connectivity index (χ4n) is 8.15. The molecule has 1 aromatic heterocycles. The average molecular weight is 609 g/mol. The Morgan fingerprint density at radius 3 is 1.87 bits per heavy atom. The molecule has 4 heteroatoms. The molecule has 0 fully saturated rings. The predicted octanol–water partition coefficient (Wildman–Crippen LogP) is 9.84. The van der Waals surface area contributed by atoms with Gasteiger partial charge in [0, 0.05) is 45.3 Å². The van der Waals surface area contributed by atoms with Crippen LogP contribution in [-0.2, 0) is 5.41 Å². The lowest BCUT2D eigenvalue weighted by Crippen LogP contribution is -2.36. The third-order valence-electron chi connectivity index (χ3n) is 10.5. The van der Waals surface area contributed by atoms with Crippen LogP contribution >= 0.6 is 0 Å². The van der Waals surface area contributed by atoms with E-state index < -0.39 is 0 Å². The van der Waals surface area contributed by atoms with Crippen LogP contribution in [-0.4, -0.2) is 21.0 Å². The third kappa shape index (κ3) is 4.39. The van der Waals surface area contributed by atoms with Gasteiger partial charge in [0.25, 0.3) is 0 Å². The fourth-order valence-corrected chi connectivity index (χ4v) is 8.15.